The fraction of sp³-hybridized carbons (Fsp3) is 0.455. The Kier molecular flexibility index (Phi) is 4.32. The summed E-state index contributed by atoms with van der Waals surface area (Å²) in [6.07, 6.45) is 1.56. The largest absolute Gasteiger partial charge is 0.508 e. The van der Waals surface area contributed by atoms with Gasteiger partial charge in [0, 0.05) is 6.07 Å². The lowest BCUT2D eigenvalue weighted by molar-refractivity contribution is 0.310. The van der Waals surface area contributed by atoms with Crippen LogP contribution in [0.2, 0.25) is 0 Å². The Balaban J connectivity index is 2.86. The van der Waals surface area contributed by atoms with E-state index in [-0.39, 0.29) is 17.3 Å². The van der Waals surface area contributed by atoms with Gasteiger partial charge in [0.15, 0.2) is 0 Å². The van der Waals surface area contributed by atoms with Crippen LogP contribution in [0.1, 0.15) is 25.3 Å². The van der Waals surface area contributed by atoms with Crippen molar-refractivity contribution in [2.75, 3.05) is 6.61 Å². The summed E-state index contributed by atoms with van der Waals surface area (Å²) < 4.78 is 28.1. The molecule has 0 spiro atoms. The highest BCUT2D eigenvalue weighted by molar-refractivity contribution is 7.86. The molecule has 1 N–H and O–H groups in total. The zero-order chi connectivity index (χ0) is 12.2. The van der Waals surface area contributed by atoms with Crippen molar-refractivity contribution in [3.05, 3.63) is 23.8 Å². The van der Waals surface area contributed by atoms with Gasteiger partial charge in [-0.3, -0.25) is 4.18 Å². The lowest BCUT2D eigenvalue weighted by atomic mass is 10.2. The van der Waals surface area contributed by atoms with E-state index in [0.29, 0.717) is 12.0 Å². The molecular weight excluding hydrogens is 228 g/mol. The van der Waals surface area contributed by atoms with Gasteiger partial charge in [-0.25, -0.2) is 0 Å². The van der Waals surface area contributed by atoms with Gasteiger partial charge in [-0.1, -0.05) is 19.4 Å². The van der Waals surface area contributed by atoms with E-state index in [2.05, 4.69) is 0 Å². The van der Waals surface area contributed by atoms with Gasteiger partial charge in [0.05, 0.1) is 11.5 Å². The molecule has 0 aliphatic heterocycles. The molecule has 0 radical (unpaired) electrons. The maximum atomic E-state index is 11.6. The van der Waals surface area contributed by atoms with Crippen LogP contribution in [0, 0.1) is 6.92 Å². The lowest BCUT2D eigenvalue weighted by Gasteiger charge is -2.06. The highest BCUT2D eigenvalue weighted by Crippen LogP contribution is 2.22. The molecule has 16 heavy (non-hydrogen) atoms. The minimum absolute atomic E-state index is 0.00768. The quantitative estimate of drug-likeness (QED) is 0.637. The smallest absolute Gasteiger partial charge is 0.297 e. The summed E-state index contributed by atoms with van der Waals surface area (Å²) in [5.41, 5.74) is 0.632. The van der Waals surface area contributed by atoms with Crippen LogP contribution in [-0.4, -0.2) is 20.1 Å². The van der Waals surface area contributed by atoms with Crippen LogP contribution in [-0.2, 0) is 14.3 Å². The van der Waals surface area contributed by atoms with Gasteiger partial charge < -0.3 is 5.11 Å². The van der Waals surface area contributed by atoms with E-state index in [1.807, 2.05) is 6.92 Å². The van der Waals surface area contributed by atoms with Crippen molar-refractivity contribution in [3.8, 4) is 5.75 Å². The first-order valence-corrected chi connectivity index (χ1v) is 6.57. The van der Waals surface area contributed by atoms with Gasteiger partial charge >= 0.3 is 0 Å². The summed E-state index contributed by atoms with van der Waals surface area (Å²) in [4.78, 5) is -0.00768. The van der Waals surface area contributed by atoms with Crippen molar-refractivity contribution in [3.63, 3.8) is 0 Å². The van der Waals surface area contributed by atoms with Crippen molar-refractivity contribution in [2.24, 2.45) is 0 Å². The predicted molar refractivity (Wildman–Crippen MR) is 60.9 cm³/mol. The minimum Gasteiger partial charge on any atom is -0.508 e. The summed E-state index contributed by atoms with van der Waals surface area (Å²) in [5, 5.41) is 9.42. The number of aryl methyl sites for hydroxylation is 1. The molecule has 0 aromatic heterocycles. The molecule has 0 aliphatic carbocycles. The van der Waals surface area contributed by atoms with Crippen LogP contribution < -0.4 is 0 Å². The number of unbranched alkanes of at least 4 members (excludes halogenated alkanes) is 1. The molecule has 4 nitrogen and oxygen atoms in total. The van der Waals surface area contributed by atoms with Gasteiger partial charge in [-0.15, -0.1) is 0 Å². The summed E-state index contributed by atoms with van der Waals surface area (Å²) in [6.45, 7) is 3.82. The molecule has 0 saturated heterocycles. The number of rotatable bonds is 5. The third kappa shape index (κ3) is 3.21. The molecule has 1 aromatic carbocycles. The van der Waals surface area contributed by atoms with Crippen molar-refractivity contribution in [1.82, 2.24) is 0 Å². The molecule has 0 unspecified atom stereocenters. The Bertz CT molecular complexity index is 451. The summed E-state index contributed by atoms with van der Waals surface area (Å²) in [5.74, 6) is -0.0415. The molecule has 1 aromatic rings. The second-order valence-electron chi connectivity index (χ2n) is 3.58. The van der Waals surface area contributed by atoms with E-state index in [1.165, 1.54) is 12.1 Å². The number of aromatic hydroxyl groups is 1. The van der Waals surface area contributed by atoms with Crippen LogP contribution in [0.15, 0.2) is 23.1 Å². The number of phenols is 1. The first-order chi connectivity index (χ1) is 7.47. The zero-order valence-corrected chi connectivity index (χ0v) is 10.3. The Morgan fingerprint density at radius 3 is 2.62 bits per heavy atom. The third-order valence-corrected chi connectivity index (χ3v) is 3.51. The summed E-state index contributed by atoms with van der Waals surface area (Å²) in [7, 11) is -3.73. The fourth-order valence-corrected chi connectivity index (χ4v) is 2.09. The van der Waals surface area contributed by atoms with Crippen molar-refractivity contribution < 1.29 is 17.7 Å². The maximum Gasteiger partial charge on any atom is 0.297 e. The molecule has 0 aliphatic rings. The first-order valence-electron chi connectivity index (χ1n) is 5.16. The fourth-order valence-electron chi connectivity index (χ4n) is 1.13. The zero-order valence-electron chi connectivity index (χ0n) is 9.43. The Morgan fingerprint density at radius 1 is 1.38 bits per heavy atom. The lowest BCUT2D eigenvalue weighted by Crippen LogP contribution is -2.07. The molecular formula is C11H16O4S. The Hall–Kier alpha value is -1.07. The van der Waals surface area contributed by atoms with Crippen LogP contribution in [0.3, 0.4) is 0 Å². The second kappa shape index (κ2) is 5.32. The molecule has 0 amide bonds. The molecule has 5 heteroatoms. The number of benzene rings is 1. The molecule has 90 valence electrons. The van der Waals surface area contributed by atoms with Gasteiger partial charge in [0.1, 0.15) is 5.75 Å². The van der Waals surface area contributed by atoms with E-state index >= 15 is 0 Å². The van der Waals surface area contributed by atoms with E-state index < -0.39 is 10.1 Å². The average Bonchev–Trinajstić information content (AvgIpc) is 2.22. The molecule has 1 rings (SSSR count). The van der Waals surface area contributed by atoms with Crippen molar-refractivity contribution in [1.29, 1.82) is 0 Å². The van der Waals surface area contributed by atoms with Crippen LogP contribution >= 0.6 is 0 Å². The minimum atomic E-state index is -3.73. The molecule has 0 bridgehead atoms. The molecule has 0 atom stereocenters. The second-order valence-corrected chi connectivity index (χ2v) is 5.19. The monoisotopic (exact) mass is 244 g/mol. The Labute approximate surface area is 96.0 Å². The first kappa shape index (κ1) is 13.0. The number of hydrogen-bond acceptors (Lipinski definition) is 4. The summed E-state index contributed by atoms with van der Waals surface area (Å²) >= 11 is 0. The topological polar surface area (TPSA) is 63.6 Å². The van der Waals surface area contributed by atoms with Crippen molar-refractivity contribution in [2.45, 2.75) is 31.6 Å². The van der Waals surface area contributed by atoms with Gasteiger partial charge in [-0.2, -0.15) is 8.42 Å². The third-order valence-electron chi connectivity index (χ3n) is 2.21. The highest BCUT2D eigenvalue weighted by atomic mass is 32.2. The van der Waals surface area contributed by atoms with Crippen LogP contribution in [0.5, 0.6) is 5.75 Å². The van der Waals surface area contributed by atoms with Gasteiger partial charge in [-0.05, 0) is 25.0 Å². The highest BCUT2D eigenvalue weighted by Gasteiger charge is 2.15. The van der Waals surface area contributed by atoms with E-state index in [9.17, 15) is 13.5 Å². The number of hydrogen-bond donors (Lipinski definition) is 1. The van der Waals surface area contributed by atoms with E-state index in [1.54, 1.807) is 13.0 Å². The van der Waals surface area contributed by atoms with Gasteiger partial charge in [0.25, 0.3) is 10.1 Å². The number of phenolic OH excluding ortho intramolecular Hbond substituents is 1. The molecule has 0 fully saturated rings. The SMILES string of the molecule is CCCCOS(=O)(=O)c1ccc(C)c(O)c1. The Morgan fingerprint density at radius 2 is 2.06 bits per heavy atom. The van der Waals surface area contributed by atoms with Gasteiger partial charge in [0.2, 0.25) is 0 Å². The standard InChI is InChI=1S/C11H16O4S/c1-3-4-7-15-16(13,14)10-6-5-9(2)11(12)8-10/h5-6,8,12H,3-4,7H2,1-2H3. The average molecular weight is 244 g/mol. The summed E-state index contributed by atoms with van der Waals surface area (Å²) in [6, 6.07) is 4.18. The normalized spacial score (nSPS) is 11.6. The predicted octanol–water partition coefficient (Wildman–Crippen LogP) is 2.21. The van der Waals surface area contributed by atoms with Crippen LogP contribution in [0.4, 0.5) is 0 Å². The maximum absolute atomic E-state index is 11.6. The van der Waals surface area contributed by atoms with Crippen LogP contribution in [0.25, 0.3) is 0 Å². The molecule has 0 heterocycles. The van der Waals surface area contributed by atoms with E-state index in [4.69, 9.17) is 4.18 Å². The molecule has 0 saturated carbocycles. The van der Waals surface area contributed by atoms with E-state index in [0.717, 1.165) is 6.42 Å². The van der Waals surface area contributed by atoms with Crippen molar-refractivity contribution >= 4 is 10.1 Å².